The van der Waals surface area contributed by atoms with E-state index in [2.05, 4.69) is 33.6 Å². The van der Waals surface area contributed by atoms with Crippen LogP contribution in [0.2, 0.25) is 0 Å². The molecule has 2 aromatic rings. The Morgan fingerprint density at radius 3 is 2.95 bits per heavy atom. The van der Waals surface area contributed by atoms with Crippen LogP contribution in [0.3, 0.4) is 0 Å². The summed E-state index contributed by atoms with van der Waals surface area (Å²) in [5, 5.41) is 7.80. The van der Waals surface area contributed by atoms with Gasteiger partial charge in [0, 0.05) is 31.9 Å². The van der Waals surface area contributed by atoms with Crippen molar-refractivity contribution in [2.45, 2.75) is 32.2 Å². The lowest BCUT2D eigenvalue weighted by Gasteiger charge is -2.12. The number of hydrogen-bond acceptors (Lipinski definition) is 3. The molecular formula is C16H20N4. The molecule has 0 saturated heterocycles. The molecule has 1 aliphatic rings. The van der Waals surface area contributed by atoms with Crippen molar-refractivity contribution in [3.8, 4) is 5.69 Å². The van der Waals surface area contributed by atoms with Crippen molar-refractivity contribution in [1.82, 2.24) is 15.1 Å². The fourth-order valence-electron chi connectivity index (χ4n) is 2.51. The van der Waals surface area contributed by atoms with E-state index in [-0.39, 0.29) is 0 Å². The summed E-state index contributed by atoms with van der Waals surface area (Å²) in [6.07, 6.45) is 8.60. The summed E-state index contributed by atoms with van der Waals surface area (Å²) in [6.45, 7) is 1.76. The van der Waals surface area contributed by atoms with Gasteiger partial charge in [0.1, 0.15) is 0 Å². The second-order valence-corrected chi connectivity index (χ2v) is 5.07. The molecule has 20 heavy (non-hydrogen) atoms. The minimum atomic E-state index is 0.800. The fourth-order valence-corrected chi connectivity index (χ4v) is 2.51. The monoisotopic (exact) mass is 268 g/mol. The van der Waals surface area contributed by atoms with Crippen molar-refractivity contribution in [2.24, 2.45) is 4.99 Å². The Hall–Kier alpha value is -2.10. The van der Waals surface area contributed by atoms with Crippen molar-refractivity contribution in [2.75, 3.05) is 6.54 Å². The molecule has 4 heteroatoms. The van der Waals surface area contributed by atoms with Gasteiger partial charge in [0.25, 0.3) is 0 Å². The highest BCUT2D eigenvalue weighted by Gasteiger charge is 2.07. The molecule has 4 nitrogen and oxygen atoms in total. The third-order valence-corrected chi connectivity index (χ3v) is 3.60. The highest BCUT2D eigenvalue weighted by Crippen LogP contribution is 2.14. The standard InChI is InChI=1S/C16H20N4/c1-2-9-16(17-10-5-1)18-13-14-7-3-4-8-15(14)20-12-6-11-19-20/h3-4,6-8,11-12H,1-2,5,9-10,13H2,(H,17,18). The molecule has 104 valence electrons. The number of nitrogens with one attached hydrogen (secondary N) is 1. The van der Waals surface area contributed by atoms with E-state index in [1.54, 1.807) is 6.20 Å². The van der Waals surface area contributed by atoms with Crippen LogP contribution < -0.4 is 5.32 Å². The molecule has 0 amide bonds. The average molecular weight is 268 g/mol. The lowest BCUT2D eigenvalue weighted by Crippen LogP contribution is -2.23. The molecule has 1 aliphatic heterocycles. The van der Waals surface area contributed by atoms with Gasteiger partial charge in [0.15, 0.2) is 0 Å². The normalized spacial score (nSPS) is 15.5. The molecule has 1 aromatic heterocycles. The van der Waals surface area contributed by atoms with E-state index >= 15 is 0 Å². The van der Waals surface area contributed by atoms with E-state index in [9.17, 15) is 0 Å². The topological polar surface area (TPSA) is 42.2 Å². The zero-order chi connectivity index (χ0) is 13.6. The lowest BCUT2D eigenvalue weighted by atomic mass is 10.1. The highest BCUT2D eigenvalue weighted by atomic mass is 15.3. The molecule has 3 rings (SSSR count). The van der Waals surface area contributed by atoms with Gasteiger partial charge in [-0.1, -0.05) is 24.6 Å². The summed E-state index contributed by atoms with van der Waals surface area (Å²) in [5.41, 5.74) is 2.36. The van der Waals surface area contributed by atoms with Crippen LogP contribution in [0, 0.1) is 0 Å². The van der Waals surface area contributed by atoms with Crippen molar-refractivity contribution < 1.29 is 0 Å². The summed E-state index contributed by atoms with van der Waals surface area (Å²) >= 11 is 0. The number of benzene rings is 1. The van der Waals surface area contributed by atoms with Gasteiger partial charge in [0.2, 0.25) is 0 Å². The number of nitrogens with zero attached hydrogens (tertiary/aromatic N) is 3. The van der Waals surface area contributed by atoms with Crippen molar-refractivity contribution in [3.05, 3.63) is 48.3 Å². The number of hydrogen-bond donors (Lipinski definition) is 1. The molecular weight excluding hydrogens is 248 g/mol. The van der Waals surface area contributed by atoms with Gasteiger partial charge in [-0.15, -0.1) is 0 Å². The van der Waals surface area contributed by atoms with Crippen LogP contribution in [0.4, 0.5) is 0 Å². The summed E-state index contributed by atoms with van der Waals surface area (Å²) < 4.78 is 1.91. The van der Waals surface area contributed by atoms with Gasteiger partial charge >= 0.3 is 0 Å². The second-order valence-electron chi connectivity index (χ2n) is 5.07. The highest BCUT2D eigenvalue weighted by molar-refractivity contribution is 5.82. The SMILES string of the molecule is c1ccc(-n2cccn2)c(CNC2=NCCCCC2)c1. The van der Waals surface area contributed by atoms with Gasteiger partial charge in [0.05, 0.1) is 11.5 Å². The van der Waals surface area contributed by atoms with Crippen LogP contribution in [0.25, 0.3) is 5.69 Å². The smallest absolute Gasteiger partial charge is 0.0965 e. The first-order valence-electron chi connectivity index (χ1n) is 7.28. The number of aromatic nitrogens is 2. The van der Waals surface area contributed by atoms with E-state index in [0.717, 1.165) is 31.0 Å². The van der Waals surface area contributed by atoms with Gasteiger partial charge in [-0.2, -0.15) is 5.10 Å². The van der Waals surface area contributed by atoms with Crippen molar-refractivity contribution in [1.29, 1.82) is 0 Å². The second kappa shape index (κ2) is 6.37. The van der Waals surface area contributed by atoms with E-state index < -0.39 is 0 Å². The van der Waals surface area contributed by atoms with Gasteiger partial charge < -0.3 is 5.32 Å². The maximum atomic E-state index is 4.61. The molecule has 0 saturated carbocycles. The molecule has 0 atom stereocenters. The zero-order valence-corrected chi connectivity index (χ0v) is 11.6. The van der Waals surface area contributed by atoms with Gasteiger partial charge in [-0.05, 0) is 30.5 Å². The molecule has 1 aromatic carbocycles. The van der Waals surface area contributed by atoms with Crippen molar-refractivity contribution in [3.63, 3.8) is 0 Å². The lowest BCUT2D eigenvalue weighted by molar-refractivity contribution is 0.728. The summed E-state index contributed by atoms with van der Waals surface area (Å²) in [7, 11) is 0. The van der Waals surface area contributed by atoms with Gasteiger partial charge in [-0.25, -0.2) is 4.68 Å². The Morgan fingerprint density at radius 2 is 2.05 bits per heavy atom. The first kappa shape index (κ1) is 12.9. The predicted molar refractivity (Wildman–Crippen MR) is 81.2 cm³/mol. The Labute approximate surface area is 119 Å². The van der Waals surface area contributed by atoms with Crippen LogP contribution >= 0.6 is 0 Å². The maximum absolute atomic E-state index is 4.61. The predicted octanol–water partition coefficient (Wildman–Crippen LogP) is 2.93. The number of para-hydroxylation sites is 1. The Bertz CT molecular complexity index is 572. The quantitative estimate of drug-likeness (QED) is 0.930. The first-order chi connectivity index (χ1) is 9.93. The molecule has 0 spiro atoms. The Balaban J connectivity index is 1.73. The average Bonchev–Trinajstić information content (AvgIpc) is 2.89. The first-order valence-corrected chi connectivity index (χ1v) is 7.28. The summed E-state index contributed by atoms with van der Waals surface area (Å²) in [6, 6.07) is 10.3. The van der Waals surface area contributed by atoms with E-state index in [1.165, 1.54) is 24.8 Å². The third-order valence-electron chi connectivity index (χ3n) is 3.60. The molecule has 1 N–H and O–H groups in total. The maximum Gasteiger partial charge on any atom is 0.0965 e. The number of rotatable bonds is 3. The number of aliphatic imine (C=N–C) groups is 1. The molecule has 0 bridgehead atoms. The van der Waals surface area contributed by atoms with Crippen LogP contribution in [0.1, 0.15) is 31.2 Å². The largest absolute Gasteiger partial charge is 0.370 e. The number of amidine groups is 1. The molecule has 0 radical (unpaired) electrons. The Morgan fingerprint density at radius 1 is 1.10 bits per heavy atom. The van der Waals surface area contributed by atoms with Crippen LogP contribution in [0.15, 0.2) is 47.7 Å². The van der Waals surface area contributed by atoms with E-state index in [1.807, 2.05) is 23.0 Å². The van der Waals surface area contributed by atoms with E-state index in [4.69, 9.17) is 0 Å². The van der Waals surface area contributed by atoms with Gasteiger partial charge in [-0.3, -0.25) is 4.99 Å². The molecule has 0 fully saturated rings. The third kappa shape index (κ3) is 3.07. The van der Waals surface area contributed by atoms with E-state index in [0.29, 0.717) is 0 Å². The summed E-state index contributed by atoms with van der Waals surface area (Å²) in [5.74, 6) is 1.15. The van der Waals surface area contributed by atoms with Crippen molar-refractivity contribution >= 4 is 5.84 Å². The van der Waals surface area contributed by atoms with Crippen LogP contribution in [-0.4, -0.2) is 22.2 Å². The minimum absolute atomic E-state index is 0.800. The molecule has 0 unspecified atom stereocenters. The van der Waals surface area contributed by atoms with Crippen LogP contribution in [0.5, 0.6) is 0 Å². The molecule has 0 aliphatic carbocycles. The summed E-state index contributed by atoms with van der Waals surface area (Å²) in [4.78, 5) is 4.61. The molecule has 2 heterocycles. The van der Waals surface area contributed by atoms with Crippen LogP contribution in [-0.2, 0) is 6.54 Å². The fraction of sp³-hybridized carbons (Fsp3) is 0.375. The zero-order valence-electron chi connectivity index (χ0n) is 11.6. The Kier molecular flexibility index (Phi) is 4.11. The minimum Gasteiger partial charge on any atom is -0.370 e.